The zero-order valence-corrected chi connectivity index (χ0v) is 13.2. The maximum atomic E-state index is 12.1. The van der Waals surface area contributed by atoms with Crippen LogP contribution >= 0.6 is 15.9 Å². The highest BCUT2D eigenvalue weighted by Gasteiger charge is 2.14. The number of nitrogens with one attached hydrogen (secondary N) is 1. The molecule has 0 aliphatic carbocycles. The third kappa shape index (κ3) is 3.76. The molecule has 0 spiro atoms. The number of halogens is 1. The fraction of sp³-hybridized carbons (Fsp3) is 0.188. The molecule has 0 saturated carbocycles. The van der Waals surface area contributed by atoms with Crippen LogP contribution in [0.5, 0.6) is 11.5 Å². The van der Waals surface area contributed by atoms with Crippen molar-refractivity contribution in [2.24, 2.45) is 0 Å². The number of hydrogen-bond acceptors (Lipinski definition) is 3. The SMILES string of the molecule is COc1cccc(C(=O)NCc2ccc(CBr)cc2)c1O. The molecule has 0 fully saturated rings. The van der Waals surface area contributed by atoms with Gasteiger partial charge in [0.2, 0.25) is 0 Å². The number of ether oxygens (including phenoxy) is 1. The van der Waals surface area contributed by atoms with Gasteiger partial charge in [0.05, 0.1) is 12.7 Å². The smallest absolute Gasteiger partial charge is 0.255 e. The molecule has 1 amide bonds. The van der Waals surface area contributed by atoms with Crippen molar-refractivity contribution in [3.8, 4) is 11.5 Å². The van der Waals surface area contributed by atoms with Crippen LogP contribution in [-0.2, 0) is 11.9 Å². The molecule has 0 radical (unpaired) electrons. The fourth-order valence-electron chi connectivity index (χ4n) is 1.89. The van der Waals surface area contributed by atoms with Gasteiger partial charge in [0.25, 0.3) is 5.91 Å². The van der Waals surface area contributed by atoms with Crippen molar-refractivity contribution in [1.82, 2.24) is 5.32 Å². The highest BCUT2D eigenvalue weighted by molar-refractivity contribution is 9.08. The Morgan fingerprint density at radius 2 is 1.86 bits per heavy atom. The van der Waals surface area contributed by atoms with Gasteiger partial charge in [-0.1, -0.05) is 46.3 Å². The van der Waals surface area contributed by atoms with E-state index in [9.17, 15) is 9.90 Å². The van der Waals surface area contributed by atoms with E-state index in [-0.39, 0.29) is 23.0 Å². The predicted molar refractivity (Wildman–Crippen MR) is 84.9 cm³/mol. The lowest BCUT2D eigenvalue weighted by Gasteiger charge is -2.09. The second kappa shape index (κ2) is 7.13. The number of methoxy groups -OCH3 is 1. The molecule has 2 aromatic carbocycles. The minimum atomic E-state index is -0.337. The topological polar surface area (TPSA) is 58.6 Å². The second-order valence-corrected chi connectivity index (χ2v) is 5.05. The quantitative estimate of drug-likeness (QED) is 0.814. The summed E-state index contributed by atoms with van der Waals surface area (Å²) in [6, 6.07) is 12.7. The first-order valence-corrected chi connectivity index (χ1v) is 7.55. The van der Waals surface area contributed by atoms with Crippen molar-refractivity contribution in [3.05, 3.63) is 59.2 Å². The number of hydrogen-bond donors (Lipinski definition) is 2. The van der Waals surface area contributed by atoms with Crippen LogP contribution in [0.1, 0.15) is 21.5 Å². The van der Waals surface area contributed by atoms with Crippen LogP contribution in [0.15, 0.2) is 42.5 Å². The predicted octanol–water partition coefficient (Wildman–Crippen LogP) is 3.23. The summed E-state index contributed by atoms with van der Waals surface area (Å²) in [5, 5.41) is 13.5. The number of rotatable bonds is 5. The van der Waals surface area contributed by atoms with Crippen LogP contribution < -0.4 is 10.1 Å². The maximum Gasteiger partial charge on any atom is 0.255 e. The standard InChI is InChI=1S/C16H16BrNO3/c1-21-14-4-2-3-13(15(14)19)16(20)18-10-12-7-5-11(9-17)6-8-12/h2-8,19H,9-10H2,1H3,(H,18,20). The van der Waals surface area contributed by atoms with E-state index in [1.165, 1.54) is 12.7 Å². The molecule has 21 heavy (non-hydrogen) atoms. The molecule has 0 aliphatic heterocycles. The molecule has 5 heteroatoms. The summed E-state index contributed by atoms with van der Waals surface area (Å²) < 4.78 is 4.99. The summed E-state index contributed by atoms with van der Waals surface area (Å²) in [5.41, 5.74) is 2.37. The normalized spacial score (nSPS) is 10.2. The Morgan fingerprint density at radius 3 is 2.48 bits per heavy atom. The first-order chi connectivity index (χ1) is 10.2. The van der Waals surface area contributed by atoms with Crippen molar-refractivity contribution in [2.45, 2.75) is 11.9 Å². The van der Waals surface area contributed by atoms with Crippen molar-refractivity contribution in [2.75, 3.05) is 7.11 Å². The van der Waals surface area contributed by atoms with Crippen molar-refractivity contribution < 1.29 is 14.6 Å². The number of carbonyl (C=O) groups excluding carboxylic acids is 1. The molecule has 0 aliphatic rings. The summed E-state index contributed by atoms with van der Waals surface area (Å²) in [6.07, 6.45) is 0. The van der Waals surface area contributed by atoms with E-state index >= 15 is 0 Å². The summed E-state index contributed by atoms with van der Waals surface area (Å²) in [4.78, 5) is 12.1. The summed E-state index contributed by atoms with van der Waals surface area (Å²) >= 11 is 3.39. The fourth-order valence-corrected chi connectivity index (χ4v) is 2.27. The van der Waals surface area contributed by atoms with Crippen LogP contribution in [0.3, 0.4) is 0 Å². The average molecular weight is 350 g/mol. The van der Waals surface area contributed by atoms with Gasteiger partial charge in [0.1, 0.15) is 0 Å². The van der Waals surface area contributed by atoms with Crippen LogP contribution in [0.25, 0.3) is 0 Å². The lowest BCUT2D eigenvalue weighted by atomic mass is 10.1. The Balaban J connectivity index is 2.04. The lowest BCUT2D eigenvalue weighted by molar-refractivity contribution is 0.0947. The van der Waals surface area contributed by atoms with Gasteiger partial charge in [0.15, 0.2) is 11.5 Å². The van der Waals surface area contributed by atoms with E-state index in [4.69, 9.17) is 4.74 Å². The second-order valence-electron chi connectivity index (χ2n) is 4.49. The Morgan fingerprint density at radius 1 is 1.19 bits per heavy atom. The van der Waals surface area contributed by atoms with Crippen LogP contribution in [0.2, 0.25) is 0 Å². The third-order valence-corrected chi connectivity index (χ3v) is 3.74. The minimum absolute atomic E-state index is 0.146. The van der Waals surface area contributed by atoms with Gasteiger partial charge in [-0.05, 0) is 23.3 Å². The molecule has 0 saturated heterocycles. The monoisotopic (exact) mass is 349 g/mol. The Labute approximate surface area is 131 Å². The molecular weight excluding hydrogens is 334 g/mol. The largest absolute Gasteiger partial charge is 0.504 e. The summed E-state index contributed by atoms with van der Waals surface area (Å²) in [6.45, 7) is 0.401. The van der Waals surface area contributed by atoms with Crippen LogP contribution in [-0.4, -0.2) is 18.1 Å². The number of benzene rings is 2. The minimum Gasteiger partial charge on any atom is -0.504 e. The van der Waals surface area contributed by atoms with Gasteiger partial charge in [-0.15, -0.1) is 0 Å². The number of para-hydroxylation sites is 1. The molecule has 2 aromatic rings. The van der Waals surface area contributed by atoms with E-state index < -0.39 is 0 Å². The number of aromatic hydroxyl groups is 1. The van der Waals surface area contributed by atoms with Crippen LogP contribution in [0, 0.1) is 0 Å². The van der Waals surface area contributed by atoms with Crippen LogP contribution in [0.4, 0.5) is 0 Å². The molecule has 0 heterocycles. The Kier molecular flexibility index (Phi) is 5.22. The Bertz CT molecular complexity index is 626. The molecule has 110 valence electrons. The molecule has 4 nitrogen and oxygen atoms in total. The highest BCUT2D eigenvalue weighted by atomic mass is 79.9. The number of phenolic OH excluding ortho intramolecular Hbond substituents is 1. The van der Waals surface area contributed by atoms with E-state index in [0.717, 1.165) is 10.9 Å². The summed E-state index contributed by atoms with van der Waals surface area (Å²) in [7, 11) is 1.45. The van der Waals surface area contributed by atoms with Crippen molar-refractivity contribution >= 4 is 21.8 Å². The molecular formula is C16H16BrNO3. The van der Waals surface area contributed by atoms with Crippen molar-refractivity contribution in [3.63, 3.8) is 0 Å². The molecule has 0 atom stereocenters. The van der Waals surface area contributed by atoms with Gasteiger partial charge >= 0.3 is 0 Å². The van der Waals surface area contributed by atoms with E-state index in [2.05, 4.69) is 21.2 Å². The van der Waals surface area contributed by atoms with Crippen molar-refractivity contribution in [1.29, 1.82) is 0 Å². The van der Waals surface area contributed by atoms with E-state index in [0.29, 0.717) is 6.54 Å². The molecule has 0 bridgehead atoms. The number of amides is 1. The summed E-state index contributed by atoms with van der Waals surface area (Å²) in [5.74, 6) is -0.201. The zero-order chi connectivity index (χ0) is 15.2. The highest BCUT2D eigenvalue weighted by Crippen LogP contribution is 2.29. The van der Waals surface area contributed by atoms with E-state index in [1.807, 2.05) is 24.3 Å². The average Bonchev–Trinajstić information content (AvgIpc) is 2.53. The van der Waals surface area contributed by atoms with Gasteiger partial charge in [-0.3, -0.25) is 4.79 Å². The molecule has 2 N–H and O–H groups in total. The van der Waals surface area contributed by atoms with Gasteiger partial charge in [-0.2, -0.15) is 0 Å². The van der Waals surface area contributed by atoms with Gasteiger partial charge in [0, 0.05) is 11.9 Å². The van der Waals surface area contributed by atoms with Gasteiger partial charge in [-0.25, -0.2) is 0 Å². The third-order valence-electron chi connectivity index (χ3n) is 3.09. The molecule has 0 unspecified atom stereocenters. The first kappa shape index (κ1) is 15.4. The molecule has 0 aromatic heterocycles. The lowest BCUT2D eigenvalue weighted by Crippen LogP contribution is -2.22. The first-order valence-electron chi connectivity index (χ1n) is 6.43. The van der Waals surface area contributed by atoms with Gasteiger partial charge < -0.3 is 15.2 Å². The number of phenols is 1. The Hall–Kier alpha value is -2.01. The number of alkyl halides is 1. The van der Waals surface area contributed by atoms with E-state index in [1.54, 1.807) is 18.2 Å². The zero-order valence-electron chi connectivity index (χ0n) is 11.6. The maximum absolute atomic E-state index is 12.1. The number of carbonyl (C=O) groups is 1. The molecule has 2 rings (SSSR count).